The van der Waals surface area contributed by atoms with Gasteiger partial charge in [-0.15, -0.1) is 11.8 Å². The molecule has 2 atom stereocenters. The van der Waals surface area contributed by atoms with Gasteiger partial charge in [0.2, 0.25) is 0 Å². The first-order valence-electron chi connectivity index (χ1n) is 14.4. The molecule has 2 heterocycles. The highest BCUT2D eigenvalue weighted by Gasteiger charge is 2.66. The Balaban J connectivity index is 1.55. The van der Waals surface area contributed by atoms with Crippen LogP contribution in [0.15, 0.2) is 57.6 Å². The van der Waals surface area contributed by atoms with Gasteiger partial charge in [-0.05, 0) is 60.1 Å². The normalized spacial score (nSPS) is 21.0. The van der Waals surface area contributed by atoms with E-state index in [0.29, 0.717) is 16.9 Å². The molecule has 11 heteroatoms. The van der Waals surface area contributed by atoms with Crippen molar-refractivity contribution in [3.05, 3.63) is 69.9 Å². The SMILES string of the molecule is CO[C@@]1(N=Cc2cc(C(C)(C)C)c(O)c(C(C)(C)C)c2)C(=O)N2C(C(=O)OCCS(=O)(=O)c3ccc(C)cc3)=C(C)CS[C@H]21. The second kappa shape index (κ2) is 12.0. The maximum absolute atomic E-state index is 13.7. The number of methoxy groups -OCH3 is 1. The van der Waals surface area contributed by atoms with Gasteiger partial charge < -0.3 is 14.6 Å². The smallest absolute Gasteiger partial charge is 0.355 e. The van der Waals surface area contributed by atoms with E-state index in [9.17, 15) is 23.1 Å². The van der Waals surface area contributed by atoms with Crippen molar-refractivity contribution in [1.29, 1.82) is 0 Å². The van der Waals surface area contributed by atoms with E-state index in [1.807, 2.05) is 60.6 Å². The van der Waals surface area contributed by atoms with Crippen molar-refractivity contribution in [2.75, 3.05) is 25.2 Å². The van der Waals surface area contributed by atoms with E-state index in [0.717, 1.165) is 16.7 Å². The molecule has 2 aliphatic heterocycles. The maximum atomic E-state index is 13.7. The number of esters is 1. The maximum Gasteiger partial charge on any atom is 0.355 e. The highest BCUT2D eigenvalue weighted by molar-refractivity contribution is 8.00. The summed E-state index contributed by atoms with van der Waals surface area (Å²) >= 11 is 1.42. The van der Waals surface area contributed by atoms with Crippen LogP contribution in [-0.2, 0) is 39.7 Å². The number of amides is 1. The van der Waals surface area contributed by atoms with Gasteiger partial charge in [0, 0.05) is 30.2 Å². The molecule has 0 unspecified atom stereocenters. The van der Waals surface area contributed by atoms with Crippen LogP contribution in [0.5, 0.6) is 5.75 Å². The molecule has 2 aliphatic rings. The largest absolute Gasteiger partial charge is 0.507 e. The number of β-lactam (4-membered cyclic amide) rings is 1. The number of carbonyl (C=O) groups is 2. The summed E-state index contributed by atoms with van der Waals surface area (Å²) in [6.45, 7) is 15.4. The number of ether oxygens (including phenoxy) is 2. The molecule has 2 aromatic carbocycles. The van der Waals surface area contributed by atoms with Gasteiger partial charge in [0.05, 0.1) is 10.6 Å². The lowest BCUT2D eigenvalue weighted by atomic mass is 9.78. The number of aryl methyl sites for hydroxylation is 1. The number of phenolic OH excluding ortho intramolecular Hbond substituents is 1. The first-order valence-corrected chi connectivity index (χ1v) is 17.1. The number of hydrogen-bond donors (Lipinski definition) is 1. The van der Waals surface area contributed by atoms with Crippen molar-refractivity contribution in [3.8, 4) is 5.75 Å². The van der Waals surface area contributed by atoms with Crippen LogP contribution in [0.2, 0.25) is 0 Å². The number of nitrogens with zero attached hydrogens (tertiary/aromatic N) is 2. The zero-order chi connectivity index (χ0) is 32.8. The lowest BCUT2D eigenvalue weighted by Crippen LogP contribution is -2.73. The Labute approximate surface area is 264 Å². The number of thioether (sulfide) groups is 1. The molecule has 44 heavy (non-hydrogen) atoms. The fraction of sp³-hybridized carbons (Fsp3) is 0.485. The Bertz CT molecular complexity index is 1600. The van der Waals surface area contributed by atoms with E-state index in [-0.39, 0.29) is 39.5 Å². The van der Waals surface area contributed by atoms with E-state index >= 15 is 0 Å². The third kappa shape index (κ3) is 6.32. The van der Waals surface area contributed by atoms with Crippen LogP contribution in [0.3, 0.4) is 0 Å². The minimum Gasteiger partial charge on any atom is -0.507 e. The Kier molecular flexibility index (Phi) is 9.19. The number of sulfone groups is 1. The third-order valence-corrected chi connectivity index (χ3v) is 11.0. The van der Waals surface area contributed by atoms with E-state index in [1.165, 1.54) is 35.9 Å². The topological polar surface area (TPSA) is 123 Å². The second-order valence-corrected chi connectivity index (χ2v) is 16.5. The van der Waals surface area contributed by atoms with Gasteiger partial charge in [-0.2, -0.15) is 0 Å². The van der Waals surface area contributed by atoms with E-state index < -0.39 is 32.8 Å². The van der Waals surface area contributed by atoms with E-state index in [4.69, 9.17) is 9.47 Å². The highest BCUT2D eigenvalue weighted by atomic mass is 32.2. The summed E-state index contributed by atoms with van der Waals surface area (Å²) < 4.78 is 36.5. The molecule has 1 amide bonds. The molecule has 1 N–H and O–H groups in total. The molecule has 0 aliphatic carbocycles. The van der Waals surface area contributed by atoms with Crippen LogP contribution in [0.25, 0.3) is 0 Å². The Morgan fingerprint density at radius 2 is 1.66 bits per heavy atom. The van der Waals surface area contributed by atoms with Crippen molar-refractivity contribution >= 4 is 39.7 Å². The number of aromatic hydroxyl groups is 1. The number of aliphatic imine (C=N–C) groups is 1. The number of rotatable bonds is 8. The molecule has 238 valence electrons. The van der Waals surface area contributed by atoms with Crippen molar-refractivity contribution in [1.82, 2.24) is 4.90 Å². The van der Waals surface area contributed by atoms with Crippen LogP contribution >= 0.6 is 11.8 Å². The fourth-order valence-electron chi connectivity index (χ4n) is 5.23. The average Bonchev–Trinajstić information content (AvgIpc) is 2.92. The molecule has 0 bridgehead atoms. The first-order chi connectivity index (χ1) is 20.3. The molecule has 0 radical (unpaired) electrons. The lowest BCUT2D eigenvalue weighted by Gasteiger charge is -2.53. The van der Waals surface area contributed by atoms with Gasteiger partial charge in [0.1, 0.15) is 23.4 Å². The summed E-state index contributed by atoms with van der Waals surface area (Å²) in [6.07, 6.45) is 1.59. The monoisotopic (exact) mass is 642 g/mol. The van der Waals surface area contributed by atoms with Crippen LogP contribution in [0.1, 0.15) is 70.7 Å². The third-order valence-electron chi connectivity index (χ3n) is 7.82. The van der Waals surface area contributed by atoms with Crippen LogP contribution in [-0.4, -0.2) is 72.8 Å². The molecule has 0 saturated carbocycles. The van der Waals surface area contributed by atoms with Gasteiger partial charge in [-0.1, -0.05) is 59.2 Å². The van der Waals surface area contributed by atoms with Crippen molar-refractivity contribution < 1.29 is 32.6 Å². The molecule has 9 nitrogen and oxygen atoms in total. The van der Waals surface area contributed by atoms with Crippen LogP contribution in [0, 0.1) is 6.92 Å². The van der Waals surface area contributed by atoms with Gasteiger partial charge in [-0.3, -0.25) is 9.69 Å². The molecule has 2 aromatic rings. The zero-order valence-corrected chi connectivity index (χ0v) is 28.5. The number of phenols is 1. The molecule has 0 aromatic heterocycles. The number of fused-ring (bicyclic) bond motifs is 1. The molecule has 1 saturated heterocycles. The van der Waals surface area contributed by atoms with E-state index in [2.05, 4.69) is 4.99 Å². The fourth-order valence-corrected chi connectivity index (χ4v) is 7.70. The summed E-state index contributed by atoms with van der Waals surface area (Å²) in [5.41, 5.74) is 1.66. The van der Waals surface area contributed by atoms with Gasteiger partial charge >= 0.3 is 5.97 Å². The molecule has 1 fully saturated rings. The Morgan fingerprint density at radius 1 is 1.09 bits per heavy atom. The minimum absolute atomic E-state index is 0.0871. The predicted octanol–water partition coefficient (Wildman–Crippen LogP) is 5.26. The first kappa shape index (κ1) is 33.7. The predicted molar refractivity (Wildman–Crippen MR) is 173 cm³/mol. The van der Waals surface area contributed by atoms with E-state index in [1.54, 1.807) is 25.3 Å². The van der Waals surface area contributed by atoms with Crippen molar-refractivity contribution in [2.24, 2.45) is 4.99 Å². The number of benzene rings is 2. The van der Waals surface area contributed by atoms with Gasteiger partial charge in [0.25, 0.3) is 11.6 Å². The standard InChI is InChI=1S/C33H42N2O7S2/c1-20-10-12-23(13-11-20)44(39,40)15-14-42-28(37)26-21(2)19-43-30-33(41-9,29(38)35(26)30)34-18-22-16-24(31(3,4)5)27(36)25(17-22)32(6,7)8/h10-13,16-18,30,36H,14-15,19H2,1-9H3/t30-,33-/m0/s1. The molecular weight excluding hydrogens is 601 g/mol. The number of carbonyl (C=O) groups excluding carboxylic acids is 2. The van der Waals surface area contributed by atoms with Crippen LogP contribution < -0.4 is 0 Å². The highest BCUT2D eigenvalue weighted by Crippen LogP contribution is 2.49. The molecular formula is C33H42N2O7S2. The number of hydrogen-bond acceptors (Lipinski definition) is 9. The quantitative estimate of drug-likeness (QED) is 0.235. The summed E-state index contributed by atoms with van der Waals surface area (Å²) in [7, 11) is -2.25. The second-order valence-electron chi connectivity index (χ2n) is 13.4. The van der Waals surface area contributed by atoms with Crippen molar-refractivity contribution in [2.45, 2.75) is 82.2 Å². The Morgan fingerprint density at radius 3 is 2.18 bits per heavy atom. The van der Waals surface area contributed by atoms with Gasteiger partial charge in [0.15, 0.2) is 9.84 Å². The van der Waals surface area contributed by atoms with Crippen molar-refractivity contribution in [3.63, 3.8) is 0 Å². The lowest BCUT2D eigenvalue weighted by molar-refractivity contribution is -0.182. The average molecular weight is 643 g/mol. The molecule has 4 rings (SSSR count). The van der Waals surface area contributed by atoms with Gasteiger partial charge in [-0.25, -0.2) is 18.2 Å². The summed E-state index contributed by atoms with van der Waals surface area (Å²) in [6, 6.07) is 10.2. The Hall–Kier alpha value is -3.15. The molecule has 0 spiro atoms. The van der Waals surface area contributed by atoms with Crippen LogP contribution in [0.4, 0.5) is 0 Å². The zero-order valence-electron chi connectivity index (χ0n) is 26.8. The summed E-state index contributed by atoms with van der Waals surface area (Å²) in [5, 5.41) is 10.5. The minimum atomic E-state index is -3.65. The summed E-state index contributed by atoms with van der Waals surface area (Å²) in [4.78, 5) is 33.0. The summed E-state index contributed by atoms with van der Waals surface area (Å²) in [5.74, 6) is -0.988.